The molecule has 1 aromatic rings. The highest BCUT2D eigenvalue weighted by atomic mass is 16.6. The number of pyridine rings is 1. The van der Waals surface area contributed by atoms with E-state index in [0.29, 0.717) is 49.7 Å². The number of hydrogen-bond donors (Lipinski definition) is 0. The Morgan fingerprint density at radius 2 is 2.04 bits per heavy atom. The largest absolute Gasteiger partial charge is 0.465 e. The molecule has 0 aliphatic carbocycles. The molecular formula is C20H27N3O5. The molecule has 2 aliphatic rings. The highest BCUT2D eigenvalue weighted by Crippen LogP contribution is 2.29. The Bertz CT molecular complexity index is 728. The maximum Gasteiger partial charge on any atom is 0.410 e. The van der Waals surface area contributed by atoms with Gasteiger partial charge in [-0.3, -0.25) is 14.7 Å². The summed E-state index contributed by atoms with van der Waals surface area (Å²) >= 11 is 0. The van der Waals surface area contributed by atoms with Crippen molar-refractivity contribution in [3.05, 3.63) is 29.6 Å². The highest BCUT2D eigenvalue weighted by molar-refractivity contribution is 5.94. The minimum absolute atomic E-state index is 0.0905. The Labute approximate surface area is 164 Å². The van der Waals surface area contributed by atoms with Gasteiger partial charge in [-0.25, -0.2) is 9.59 Å². The lowest BCUT2D eigenvalue weighted by molar-refractivity contribution is 0.0588. The lowest BCUT2D eigenvalue weighted by atomic mass is 9.95. The molecule has 2 amide bonds. The monoisotopic (exact) mass is 389 g/mol. The third-order valence-corrected chi connectivity index (χ3v) is 5.80. The van der Waals surface area contributed by atoms with Crippen LogP contribution in [0.4, 0.5) is 4.79 Å². The van der Waals surface area contributed by atoms with Crippen LogP contribution in [0.25, 0.3) is 0 Å². The van der Waals surface area contributed by atoms with E-state index in [-0.39, 0.29) is 24.1 Å². The van der Waals surface area contributed by atoms with E-state index >= 15 is 0 Å². The van der Waals surface area contributed by atoms with E-state index < -0.39 is 5.97 Å². The second-order valence-electron chi connectivity index (χ2n) is 7.38. The number of rotatable bonds is 5. The second kappa shape index (κ2) is 8.58. The molecule has 0 radical (unpaired) electrons. The van der Waals surface area contributed by atoms with Gasteiger partial charge in [0.05, 0.1) is 18.7 Å². The van der Waals surface area contributed by atoms with Gasteiger partial charge in [-0.05, 0) is 30.9 Å². The first-order chi connectivity index (χ1) is 13.5. The zero-order valence-electron chi connectivity index (χ0n) is 16.6. The summed E-state index contributed by atoms with van der Waals surface area (Å²) in [6.45, 7) is 5.82. The minimum atomic E-state index is -0.485. The highest BCUT2D eigenvalue weighted by Gasteiger charge is 2.41. The van der Waals surface area contributed by atoms with Crippen molar-refractivity contribution in [1.29, 1.82) is 0 Å². The van der Waals surface area contributed by atoms with Crippen molar-refractivity contribution in [2.24, 2.45) is 5.92 Å². The van der Waals surface area contributed by atoms with Crippen LogP contribution >= 0.6 is 0 Å². The molecule has 152 valence electrons. The van der Waals surface area contributed by atoms with Crippen LogP contribution in [0.3, 0.4) is 0 Å². The van der Waals surface area contributed by atoms with E-state index in [2.05, 4.69) is 23.6 Å². The van der Waals surface area contributed by atoms with Crippen LogP contribution in [0.15, 0.2) is 18.3 Å². The van der Waals surface area contributed by atoms with Crippen LogP contribution in [0.5, 0.6) is 0 Å². The van der Waals surface area contributed by atoms with Crippen molar-refractivity contribution in [2.45, 2.75) is 45.2 Å². The number of hydrogen-bond acceptors (Lipinski definition) is 6. The minimum Gasteiger partial charge on any atom is -0.465 e. The zero-order chi connectivity index (χ0) is 20.3. The SMILES string of the molecule is CC[C@H](C)[C@H]1COC(=O)N1C1CCN(C(=O)c2ccc(C(=O)OC)cn2)CC1. The summed E-state index contributed by atoms with van der Waals surface area (Å²) in [6.07, 6.45) is 3.53. The Morgan fingerprint density at radius 1 is 1.32 bits per heavy atom. The zero-order valence-corrected chi connectivity index (χ0v) is 16.6. The summed E-state index contributed by atoms with van der Waals surface area (Å²) in [6, 6.07) is 3.28. The Morgan fingerprint density at radius 3 is 2.61 bits per heavy atom. The van der Waals surface area contributed by atoms with Crippen molar-refractivity contribution in [2.75, 3.05) is 26.8 Å². The number of nitrogens with zero attached hydrogens (tertiary/aromatic N) is 3. The molecule has 8 heteroatoms. The molecule has 2 saturated heterocycles. The van der Waals surface area contributed by atoms with Crippen LogP contribution in [-0.2, 0) is 9.47 Å². The van der Waals surface area contributed by atoms with E-state index in [1.165, 1.54) is 25.4 Å². The molecule has 28 heavy (non-hydrogen) atoms. The summed E-state index contributed by atoms with van der Waals surface area (Å²) in [4.78, 5) is 44.1. The molecule has 3 heterocycles. The molecule has 8 nitrogen and oxygen atoms in total. The molecule has 0 spiro atoms. The molecule has 2 fully saturated rings. The number of methoxy groups -OCH3 is 1. The Hall–Kier alpha value is -2.64. The van der Waals surface area contributed by atoms with Crippen LogP contribution in [0.2, 0.25) is 0 Å². The first-order valence-electron chi connectivity index (χ1n) is 9.75. The van der Waals surface area contributed by atoms with Gasteiger partial charge >= 0.3 is 12.1 Å². The number of amides is 2. The van der Waals surface area contributed by atoms with E-state index in [0.717, 1.165) is 6.42 Å². The van der Waals surface area contributed by atoms with Gasteiger partial charge < -0.3 is 14.4 Å². The van der Waals surface area contributed by atoms with Crippen LogP contribution in [-0.4, -0.2) is 71.6 Å². The maximum atomic E-state index is 12.7. The second-order valence-corrected chi connectivity index (χ2v) is 7.38. The number of piperidine rings is 1. The van der Waals surface area contributed by atoms with E-state index in [4.69, 9.17) is 4.74 Å². The summed E-state index contributed by atoms with van der Waals surface area (Å²) in [5.41, 5.74) is 0.602. The average molecular weight is 389 g/mol. The van der Waals surface area contributed by atoms with Gasteiger partial charge in [-0.15, -0.1) is 0 Å². The van der Waals surface area contributed by atoms with Crippen LogP contribution in [0, 0.1) is 5.92 Å². The Balaban J connectivity index is 1.61. The number of aromatic nitrogens is 1. The third kappa shape index (κ3) is 3.95. The lowest BCUT2D eigenvalue weighted by Crippen LogP contribution is -2.51. The Kier molecular flexibility index (Phi) is 6.16. The molecular weight excluding hydrogens is 362 g/mol. The standard InChI is InChI=1S/C20H27N3O5/c1-4-13(2)17-12-28-20(26)23(17)15-7-9-22(10-8-15)18(24)16-6-5-14(11-21-16)19(25)27-3/h5-6,11,13,15,17H,4,7-10,12H2,1-3H3/t13-,17+/m0/s1. The topological polar surface area (TPSA) is 89.0 Å². The third-order valence-electron chi connectivity index (χ3n) is 5.80. The number of ether oxygens (including phenoxy) is 2. The average Bonchev–Trinajstić information content (AvgIpc) is 3.13. The van der Waals surface area contributed by atoms with Crippen molar-refractivity contribution in [3.63, 3.8) is 0 Å². The van der Waals surface area contributed by atoms with Crippen molar-refractivity contribution in [1.82, 2.24) is 14.8 Å². The van der Waals surface area contributed by atoms with Crippen LogP contribution in [0.1, 0.15) is 54.0 Å². The van der Waals surface area contributed by atoms with Crippen molar-refractivity contribution in [3.8, 4) is 0 Å². The number of carbonyl (C=O) groups excluding carboxylic acids is 3. The fourth-order valence-corrected chi connectivity index (χ4v) is 3.85. The maximum absolute atomic E-state index is 12.7. The first kappa shape index (κ1) is 20.1. The van der Waals surface area contributed by atoms with E-state index in [1.54, 1.807) is 4.90 Å². The normalized spacial score (nSPS) is 21.4. The van der Waals surface area contributed by atoms with Gasteiger partial charge in [-0.2, -0.15) is 0 Å². The molecule has 1 aromatic heterocycles. The van der Waals surface area contributed by atoms with Crippen molar-refractivity contribution < 1.29 is 23.9 Å². The molecule has 2 atom stereocenters. The molecule has 0 bridgehead atoms. The molecule has 0 saturated carbocycles. The van der Waals surface area contributed by atoms with Crippen molar-refractivity contribution >= 4 is 18.0 Å². The van der Waals surface area contributed by atoms with Gasteiger partial charge in [0.1, 0.15) is 12.3 Å². The first-order valence-corrected chi connectivity index (χ1v) is 9.75. The molecule has 0 unspecified atom stereocenters. The number of carbonyl (C=O) groups is 3. The molecule has 0 N–H and O–H groups in total. The lowest BCUT2D eigenvalue weighted by Gasteiger charge is -2.39. The summed E-state index contributed by atoms with van der Waals surface area (Å²) in [5, 5.41) is 0. The van der Waals surface area contributed by atoms with E-state index in [1.807, 2.05) is 4.90 Å². The number of cyclic esters (lactones) is 1. The summed E-state index contributed by atoms with van der Waals surface area (Å²) < 4.78 is 9.94. The fourth-order valence-electron chi connectivity index (χ4n) is 3.85. The quantitative estimate of drug-likeness (QED) is 0.718. The predicted molar refractivity (Wildman–Crippen MR) is 101 cm³/mol. The molecule has 0 aromatic carbocycles. The summed E-state index contributed by atoms with van der Waals surface area (Å²) in [7, 11) is 1.30. The van der Waals surface area contributed by atoms with Crippen LogP contribution < -0.4 is 0 Å². The van der Waals surface area contributed by atoms with E-state index in [9.17, 15) is 14.4 Å². The fraction of sp³-hybridized carbons (Fsp3) is 0.600. The van der Waals surface area contributed by atoms with Gasteiger partial charge in [-0.1, -0.05) is 20.3 Å². The van der Waals surface area contributed by atoms with Gasteiger partial charge in [0.25, 0.3) is 5.91 Å². The molecule has 2 aliphatic heterocycles. The van der Waals surface area contributed by atoms with Gasteiger partial charge in [0, 0.05) is 25.3 Å². The number of esters is 1. The molecule has 3 rings (SSSR count). The number of likely N-dealkylation sites (tertiary alicyclic amines) is 1. The predicted octanol–water partition coefficient (Wildman–Crippen LogP) is 2.34. The van der Waals surface area contributed by atoms with Gasteiger partial charge in [0.2, 0.25) is 0 Å². The smallest absolute Gasteiger partial charge is 0.410 e. The van der Waals surface area contributed by atoms with Gasteiger partial charge in [0.15, 0.2) is 0 Å². The summed E-state index contributed by atoms with van der Waals surface area (Å²) in [5.74, 6) is -0.276.